The standard InChI is InChI=1S/C31H19N/c1-2-9-25-20(5-1)6-4-10-27(25)29-18-15-24(19-32-29)26-16-13-23-12-11-21-7-3-8-22-14-17-28(26)31(23)30(21)22/h1-19H. The van der Waals surface area contributed by atoms with Crippen LogP contribution < -0.4 is 0 Å². The highest BCUT2D eigenvalue weighted by molar-refractivity contribution is 6.25. The second-order valence-corrected chi connectivity index (χ2v) is 8.43. The Morgan fingerprint density at radius 3 is 1.94 bits per heavy atom. The molecule has 7 rings (SSSR count). The molecule has 1 nitrogen and oxygen atoms in total. The first kappa shape index (κ1) is 17.5. The minimum absolute atomic E-state index is 1.00. The molecule has 0 bridgehead atoms. The Hall–Kier alpha value is -4.23. The van der Waals surface area contributed by atoms with Gasteiger partial charge < -0.3 is 0 Å². The van der Waals surface area contributed by atoms with Crippen molar-refractivity contribution in [1.82, 2.24) is 4.98 Å². The SMILES string of the molecule is c1ccc2c(-c3ccc(-c4ccc5ccc6cccc7ccc4c5c67)cn3)cccc2c1. The van der Waals surface area contributed by atoms with Gasteiger partial charge in [0.1, 0.15) is 0 Å². The molecule has 0 N–H and O–H groups in total. The molecule has 0 aliphatic rings. The highest BCUT2D eigenvalue weighted by Gasteiger charge is 2.12. The normalized spacial score (nSPS) is 11.8. The second kappa shape index (κ2) is 6.63. The fourth-order valence-electron chi connectivity index (χ4n) is 5.15. The predicted molar refractivity (Wildman–Crippen MR) is 136 cm³/mol. The van der Waals surface area contributed by atoms with E-state index in [4.69, 9.17) is 4.98 Å². The van der Waals surface area contributed by atoms with Gasteiger partial charge in [-0.3, -0.25) is 4.98 Å². The second-order valence-electron chi connectivity index (χ2n) is 8.43. The summed E-state index contributed by atoms with van der Waals surface area (Å²) in [5.41, 5.74) is 4.55. The largest absolute Gasteiger partial charge is 0.256 e. The molecular weight excluding hydrogens is 386 g/mol. The molecule has 0 unspecified atom stereocenters. The van der Waals surface area contributed by atoms with Crippen LogP contribution in [0.2, 0.25) is 0 Å². The van der Waals surface area contributed by atoms with E-state index < -0.39 is 0 Å². The topological polar surface area (TPSA) is 12.9 Å². The van der Waals surface area contributed by atoms with Crippen molar-refractivity contribution in [3.63, 3.8) is 0 Å². The molecule has 0 saturated heterocycles. The summed E-state index contributed by atoms with van der Waals surface area (Å²) in [4.78, 5) is 4.88. The van der Waals surface area contributed by atoms with Crippen LogP contribution in [-0.2, 0) is 0 Å². The smallest absolute Gasteiger partial charge is 0.0708 e. The maximum absolute atomic E-state index is 4.88. The minimum atomic E-state index is 1.00. The molecule has 1 aromatic heterocycles. The van der Waals surface area contributed by atoms with Gasteiger partial charge in [-0.1, -0.05) is 103 Å². The van der Waals surface area contributed by atoms with E-state index in [2.05, 4.69) is 109 Å². The Morgan fingerprint density at radius 2 is 1.09 bits per heavy atom. The predicted octanol–water partition coefficient (Wildman–Crippen LogP) is 8.47. The van der Waals surface area contributed by atoms with E-state index in [0.717, 1.165) is 11.3 Å². The number of hydrogen-bond acceptors (Lipinski definition) is 1. The lowest BCUT2D eigenvalue weighted by Gasteiger charge is -2.14. The molecule has 0 aliphatic carbocycles. The van der Waals surface area contributed by atoms with Gasteiger partial charge in [-0.2, -0.15) is 0 Å². The monoisotopic (exact) mass is 405 g/mol. The van der Waals surface area contributed by atoms with Gasteiger partial charge in [-0.15, -0.1) is 0 Å². The average Bonchev–Trinajstić information content (AvgIpc) is 2.87. The first-order valence-electron chi connectivity index (χ1n) is 11.0. The summed E-state index contributed by atoms with van der Waals surface area (Å²) in [5.74, 6) is 0. The number of hydrogen-bond donors (Lipinski definition) is 0. The molecule has 1 heterocycles. The lowest BCUT2D eigenvalue weighted by Crippen LogP contribution is -1.89. The van der Waals surface area contributed by atoms with Crippen molar-refractivity contribution >= 4 is 43.1 Å². The van der Waals surface area contributed by atoms with Crippen LogP contribution in [-0.4, -0.2) is 4.98 Å². The van der Waals surface area contributed by atoms with Crippen molar-refractivity contribution in [1.29, 1.82) is 0 Å². The third-order valence-corrected chi connectivity index (χ3v) is 6.67. The Bertz CT molecular complexity index is 1740. The molecule has 0 saturated carbocycles. The number of nitrogens with zero attached hydrogens (tertiary/aromatic N) is 1. The van der Waals surface area contributed by atoms with Crippen molar-refractivity contribution in [2.45, 2.75) is 0 Å². The zero-order valence-electron chi connectivity index (χ0n) is 17.4. The van der Waals surface area contributed by atoms with Crippen molar-refractivity contribution in [2.75, 3.05) is 0 Å². The lowest BCUT2D eigenvalue weighted by molar-refractivity contribution is 1.33. The summed E-state index contributed by atoms with van der Waals surface area (Å²) in [6.07, 6.45) is 2.02. The maximum Gasteiger partial charge on any atom is 0.0708 e. The van der Waals surface area contributed by atoms with Crippen molar-refractivity contribution in [2.24, 2.45) is 0 Å². The first-order valence-corrected chi connectivity index (χ1v) is 11.0. The van der Waals surface area contributed by atoms with E-state index in [9.17, 15) is 0 Å². The van der Waals surface area contributed by atoms with Crippen LogP contribution in [0.5, 0.6) is 0 Å². The summed E-state index contributed by atoms with van der Waals surface area (Å²) < 4.78 is 0. The Labute approximate surface area is 185 Å². The average molecular weight is 406 g/mol. The molecule has 0 aliphatic heterocycles. The number of rotatable bonds is 2. The Morgan fingerprint density at radius 1 is 0.406 bits per heavy atom. The van der Waals surface area contributed by atoms with Crippen LogP contribution in [0.15, 0.2) is 115 Å². The molecule has 7 aromatic rings. The molecule has 0 atom stereocenters. The minimum Gasteiger partial charge on any atom is -0.256 e. The van der Waals surface area contributed by atoms with Gasteiger partial charge in [0, 0.05) is 17.3 Å². The molecule has 1 heteroatoms. The van der Waals surface area contributed by atoms with E-state index in [0.29, 0.717) is 0 Å². The Kier molecular flexibility index (Phi) is 3.62. The van der Waals surface area contributed by atoms with Crippen molar-refractivity contribution in [3.05, 3.63) is 115 Å². The summed E-state index contributed by atoms with van der Waals surface area (Å²) in [7, 11) is 0. The van der Waals surface area contributed by atoms with E-state index in [1.165, 1.54) is 54.2 Å². The molecule has 0 radical (unpaired) electrons. The molecule has 0 amide bonds. The van der Waals surface area contributed by atoms with Crippen LogP contribution in [0.4, 0.5) is 0 Å². The molecule has 6 aromatic carbocycles. The molecule has 0 spiro atoms. The highest BCUT2D eigenvalue weighted by atomic mass is 14.7. The number of fused-ring (bicyclic) bond motifs is 1. The molecule has 0 fully saturated rings. The van der Waals surface area contributed by atoms with Gasteiger partial charge in [-0.05, 0) is 54.7 Å². The highest BCUT2D eigenvalue weighted by Crippen LogP contribution is 2.39. The zero-order chi connectivity index (χ0) is 21.1. The van der Waals surface area contributed by atoms with Gasteiger partial charge >= 0.3 is 0 Å². The number of benzene rings is 6. The van der Waals surface area contributed by atoms with Gasteiger partial charge in [0.2, 0.25) is 0 Å². The first-order chi connectivity index (χ1) is 15.9. The summed E-state index contributed by atoms with van der Waals surface area (Å²) in [5, 5.41) is 10.3. The quantitative estimate of drug-likeness (QED) is 0.263. The van der Waals surface area contributed by atoms with Crippen molar-refractivity contribution < 1.29 is 0 Å². The van der Waals surface area contributed by atoms with Gasteiger partial charge in [0.05, 0.1) is 5.69 Å². The van der Waals surface area contributed by atoms with Gasteiger partial charge in [-0.25, -0.2) is 0 Å². The summed E-state index contributed by atoms with van der Waals surface area (Å²) in [6.45, 7) is 0. The van der Waals surface area contributed by atoms with Gasteiger partial charge in [0.15, 0.2) is 0 Å². The van der Waals surface area contributed by atoms with Crippen LogP contribution >= 0.6 is 0 Å². The van der Waals surface area contributed by atoms with Crippen molar-refractivity contribution in [3.8, 4) is 22.4 Å². The fraction of sp³-hybridized carbons (Fsp3) is 0. The number of pyridine rings is 1. The fourth-order valence-corrected chi connectivity index (χ4v) is 5.15. The van der Waals surface area contributed by atoms with Crippen LogP contribution in [0.25, 0.3) is 65.5 Å². The molecule has 148 valence electrons. The summed E-state index contributed by atoms with van der Waals surface area (Å²) >= 11 is 0. The lowest BCUT2D eigenvalue weighted by atomic mass is 9.90. The number of aromatic nitrogens is 1. The van der Waals surface area contributed by atoms with Gasteiger partial charge in [0.25, 0.3) is 0 Å². The maximum atomic E-state index is 4.88. The molecule has 32 heavy (non-hydrogen) atoms. The van der Waals surface area contributed by atoms with Crippen LogP contribution in [0.3, 0.4) is 0 Å². The van der Waals surface area contributed by atoms with Crippen LogP contribution in [0, 0.1) is 0 Å². The molecular formula is C31H19N. The third kappa shape index (κ3) is 2.48. The Balaban J connectivity index is 1.42. The zero-order valence-corrected chi connectivity index (χ0v) is 17.4. The van der Waals surface area contributed by atoms with E-state index in [1.807, 2.05) is 6.20 Å². The third-order valence-electron chi connectivity index (χ3n) is 6.67. The van der Waals surface area contributed by atoms with E-state index in [1.54, 1.807) is 0 Å². The van der Waals surface area contributed by atoms with E-state index >= 15 is 0 Å². The van der Waals surface area contributed by atoms with E-state index in [-0.39, 0.29) is 0 Å². The van der Waals surface area contributed by atoms with Crippen LogP contribution in [0.1, 0.15) is 0 Å². The summed E-state index contributed by atoms with van der Waals surface area (Å²) in [6, 6.07) is 39.2.